The van der Waals surface area contributed by atoms with Gasteiger partial charge in [0.05, 0.1) is 6.04 Å². The predicted molar refractivity (Wildman–Crippen MR) is 92.5 cm³/mol. The summed E-state index contributed by atoms with van der Waals surface area (Å²) in [7, 11) is 3.85. The summed E-state index contributed by atoms with van der Waals surface area (Å²) in [5, 5.41) is 7.92. The molecule has 1 unspecified atom stereocenters. The van der Waals surface area contributed by atoms with Crippen molar-refractivity contribution in [1.82, 2.24) is 15.5 Å². The molecule has 0 saturated heterocycles. The molecule has 2 N–H and O–H groups in total. The van der Waals surface area contributed by atoms with Gasteiger partial charge in [-0.25, -0.2) is 0 Å². The lowest BCUT2D eigenvalue weighted by molar-refractivity contribution is 0.357. The Balaban J connectivity index is 2.56. The van der Waals surface area contributed by atoms with Crippen molar-refractivity contribution in [3.05, 3.63) is 33.8 Å². The molecule has 0 aliphatic carbocycles. The highest BCUT2D eigenvalue weighted by molar-refractivity contribution is 6.35. The van der Waals surface area contributed by atoms with E-state index < -0.39 is 0 Å². The summed E-state index contributed by atoms with van der Waals surface area (Å²) in [6.07, 6.45) is 0. The Bertz CT molecular complexity index is 477. The van der Waals surface area contributed by atoms with Crippen LogP contribution in [0.4, 0.5) is 0 Å². The van der Waals surface area contributed by atoms with E-state index in [2.05, 4.69) is 34.5 Å². The average Bonchev–Trinajstić information content (AvgIpc) is 2.45. The van der Waals surface area contributed by atoms with E-state index in [4.69, 9.17) is 23.2 Å². The molecule has 118 valence electrons. The van der Waals surface area contributed by atoms with Crippen LogP contribution in [0.15, 0.2) is 23.2 Å². The second-order valence-electron chi connectivity index (χ2n) is 4.93. The highest BCUT2D eigenvalue weighted by Gasteiger charge is 2.11. The fourth-order valence-corrected chi connectivity index (χ4v) is 2.43. The minimum Gasteiger partial charge on any atom is -0.355 e. The van der Waals surface area contributed by atoms with Gasteiger partial charge in [-0.1, -0.05) is 36.2 Å². The molecular weight excluding hydrogens is 307 g/mol. The number of hydrogen-bond donors (Lipinski definition) is 2. The molecule has 1 aromatic carbocycles. The number of aliphatic imine (C=N–C) groups is 1. The van der Waals surface area contributed by atoms with Gasteiger partial charge >= 0.3 is 0 Å². The van der Waals surface area contributed by atoms with Crippen LogP contribution in [0.2, 0.25) is 10.0 Å². The van der Waals surface area contributed by atoms with Gasteiger partial charge in [-0.05, 0) is 38.2 Å². The predicted octanol–water partition coefficient (Wildman–Crippen LogP) is 3.17. The summed E-state index contributed by atoms with van der Waals surface area (Å²) in [4.78, 5) is 6.47. The molecular formula is C15H24Cl2N4. The van der Waals surface area contributed by atoms with Crippen LogP contribution in [0.3, 0.4) is 0 Å². The Morgan fingerprint density at radius 3 is 2.67 bits per heavy atom. The summed E-state index contributed by atoms with van der Waals surface area (Å²) in [6, 6.07) is 5.57. The summed E-state index contributed by atoms with van der Waals surface area (Å²) in [5.41, 5.74) is 0.995. The zero-order valence-electron chi connectivity index (χ0n) is 13.1. The lowest BCUT2D eigenvalue weighted by Gasteiger charge is -2.20. The van der Waals surface area contributed by atoms with E-state index in [1.54, 1.807) is 13.1 Å². The number of rotatable bonds is 6. The summed E-state index contributed by atoms with van der Waals surface area (Å²) < 4.78 is 0. The Hall–Kier alpha value is -0.970. The fourth-order valence-electron chi connectivity index (χ4n) is 1.85. The van der Waals surface area contributed by atoms with Crippen molar-refractivity contribution in [2.75, 3.05) is 33.7 Å². The van der Waals surface area contributed by atoms with Gasteiger partial charge in [0.25, 0.3) is 0 Å². The molecule has 1 rings (SSSR count). The van der Waals surface area contributed by atoms with E-state index in [0.29, 0.717) is 10.0 Å². The molecule has 0 aromatic heterocycles. The molecule has 0 fully saturated rings. The number of nitrogens with zero attached hydrogens (tertiary/aromatic N) is 2. The number of hydrogen-bond acceptors (Lipinski definition) is 2. The number of likely N-dealkylation sites (N-methyl/N-ethyl adjacent to an activating group) is 1. The Morgan fingerprint density at radius 2 is 2.10 bits per heavy atom. The first kappa shape index (κ1) is 18.1. The molecule has 1 atom stereocenters. The van der Waals surface area contributed by atoms with Gasteiger partial charge in [-0.3, -0.25) is 4.99 Å². The van der Waals surface area contributed by atoms with Crippen molar-refractivity contribution in [1.29, 1.82) is 0 Å². The Morgan fingerprint density at radius 1 is 1.38 bits per heavy atom. The minimum atomic E-state index is 0.0462. The average molecular weight is 331 g/mol. The zero-order valence-corrected chi connectivity index (χ0v) is 14.6. The van der Waals surface area contributed by atoms with Gasteiger partial charge in [0.2, 0.25) is 0 Å². The Kier molecular flexibility index (Phi) is 7.86. The van der Waals surface area contributed by atoms with Gasteiger partial charge < -0.3 is 15.5 Å². The number of benzene rings is 1. The minimum absolute atomic E-state index is 0.0462. The molecule has 0 amide bonds. The van der Waals surface area contributed by atoms with Crippen molar-refractivity contribution in [3.8, 4) is 0 Å². The Labute approximate surface area is 137 Å². The monoisotopic (exact) mass is 330 g/mol. The highest BCUT2D eigenvalue weighted by Crippen LogP contribution is 2.25. The fraction of sp³-hybridized carbons (Fsp3) is 0.533. The van der Waals surface area contributed by atoms with Crippen LogP contribution < -0.4 is 10.6 Å². The number of guanidine groups is 1. The number of halogens is 2. The van der Waals surface area contributed by atoms with E-state index in [0.717, 1.165) is 31.2 Å². The maximum absolute atomic E-state index is 6.22. The van der Waals surface area contributed by atoms with Crippen molar-refractivity contribution >= 4 is 29.2 Å². The molecule has 0 aliphatic heterocycles. The third-order valence-corrected chi connectivity index (χ3v) is 3.89. The lowest BCUT2D eigenvalue weighted by atomic mass is 10.1. The SMILES string of the molecule is CCN(C)CCNC(=NC)NC(C)c1ccc(Cl)cc1Cl. The molecule has 21 heavy (non-hydrogen) atoms. The van der Waals surface area contributed by atoms with Crippen LogP contribution in [0, 0.1) is 0 Å². The van der Waals surface area contributed by atoms with Crippen LogP contribution in [0.5, 0.6) is 0 Å². The van der Waals surface area contributed by atoms with E-state index in [9.17, 15) is 0 Å². The van der Waals surface area contributed by atoms with Crippen molar-refractivity contribution in [2.24, 2.45) is 4.99 Å². The largest absolute Gasteiger partial charge is 0.355 e. The van der Waals surface area contributed by atoms with Crippen LogP contribution in [0.1, 0.15) is 25.5 Å². The first-order valence-corrected chi connectivity index (χ1v) is 7.84. The van der Waals surface area contributed by atoms with Crippen LogP contribution in [-0.4, -0.2) is 44.6 Å². The first-order valence-electron chi connectivity index (χ1n) is 7.08. The quantitative estimate of drug-likeness (QED) is 0.621. The van der Waals surface area contributed by atoms with Gasteiger partial charge in [0.15, 0.2) is 5.96 Å². The van der Waals surface area contributed by atoms with E-state index in [1.807, 2.05) is 19.1 Å². The first-order chi connectivity index (χ1) is 9.97. The maximum Gasteiger partial charge on any atom is 0.191 e. The van der Waals surface area contributed by atoms with Gasteiger partial charge in [-0.15, -0.1) is 0 Å². The summed E-state index contributed by atoms with van der Waals surface area (Å²) in [5.74, 6) is 0.762. The third-order valence-electron chi connectivity index (χ3n) is 3.33. The molecule has 0 aliphatic rings. The second-order valence-corrected chi connectivity index (χ2v) is 5.77. The van der Waals surface area contributed by atoms with Gasteiger partial charge in [-0.2, -0.15) is 0 Å². The number of nitrogens with one attached hydrogen (secondary N) is 2. The molecule has 0 heterocycles. The van der Waals surface area contributed by atoms with Gasteiger partial charge in [0, 0.05) is 30.2 Å². The van der Waals surface area contributed by atoms with Crippen LogP contribution >= 0.6 is 23.2 Å². The van der Waals surface area contributed by atoms with E-state index >= 15 is 0 Å². The van der Waals surface area contributed by atoms with Gasteiger partial charge in [0.1, 0.15) is 0 Å². The maximum atomic E-state index is 6.22. The van der Waals surface area contributed by atoms with E-state index in [1.165, 1.54) is 0 Å². The molecule has 0 spiro atoms. The molecule has 6 heteroatoms. The van der Waals surface area contributed by atoms with Crippen molar-refractivity contribution in [3.63, 3.8) is 0 Å². The standard InChI is InChI=1S/C15H24Cl2N4/c1-5-21(4)9-8-19-15(18-3)20-11(2)13-7-6-12(16)10-14(13)17/h6-7,10-11H,5,8-9H2,1-4H3,(H2,18,19,20). The van der Waals surface area contributed by atoms with Crippen molar-refractivity contribution < 1.29 is 0 Å². The van der Waals surface area contributed by atoms with Crippen LogP contribution in [0.25, 0.3) is 0 Å². The second kappa shape index (κ2) is 9.13. The van der Waals surface area contributed by atoms with Crippen molar-refractivity contribution in [2.45, 2.75) is 19.9 Å². The highest BCUT2D eigenvalue weighted by atomic mass is 35.5. The molecule has 4 nitrogen and oxygen atoms in total. The molecule has 1 aromatic rings. The normalized spacial score (nSPS) is 13.4. The lowest BCUT2D eigenvalue weighted by Crippen LogP contribution is -2.41. The van der Waals surface area contributed by atoms with Crippen LogP contribution in [-0.2, 0) is 0 Å². The summed E-state index contributed by atoms with van der Waals surface area (Å²) >= 11 is 12.1. The molecule has 0 saturated carbocycles. The topological polar surface area (TPSA) is 39.7 Å². The molecule has 0 radical (unpaired) electrons. The molecule has 0 bridgehead atoms. The zero-order chi connectivity index (χ0) is 15.8. The van der Waals surface area contributed by atoms with E-state index in [-0.39, 0.29) is 6.04 Å². The third kappa shape index (κ3) is 6.12. The smallest absolute Gasteiger partial charge is 0.191 e. The summed E-state index contributed by atoms with van der Waals surface area (Å²) in [6.45, 7) is 7.01.